The van der Waals surface area contributed by atoms with Crippen LogP contribution >= 0.6 is 11.8 Å². The average Bonchev–Trinajstić information content (AvgIpc) is 2.49. The lowest BCUT2D eigenvalue weighted by molar-refractivity contribution is 0.591. The number of hydrogen-bond donors (Lipinski definition) is 1. The lowest BCUT2D eigenvalue weighted by Gasteiger charge is -2.15. The summed E-state index contributed by atoms with van der Waals surface area (Å²) < 4.78 is 0. The molecule has 1 aromatic carbocycles. The Morgan fingerprint density at radius 3 is 3.07 bits per heavy atom. The summed E-state index contributed by atoms with van der Waals surface area (Å²) >= 11 is 1.98. The molecule has 1 aliphatic rings. The zero-order valence-electron chi connectivity index (χ0n) is 8.79. The lowest BCUT2D eigenvalue weighted by atomic mass is 9.91. The van der Waals surface area contributed by atoms with Gasteiger partial charge in [-0.2, -0.15) is 0 Å². The third-order valence-corrected chi connectivity index (χ3v) is 4.02. The highest BCUT2D eigenvalue weighted by molar-refractivity contribution is 7.99. The number of fused-ring (bicyclic) bond motifs is 1. The van der Waals surface area contributed by atoms with Gasteiger partial charge in [-0.15, -0.1) is 11.8 Å². The molecule has 1 aromatic rings. The minimum atomic E-state index is 0.311. The molecule has 0 saturated heterocycles. The van der Waals surface area contributed by atoms with E-state index >= 15 is 0 Å². The van der Waals surface area contributed by atoms with Gasteiger partial charge in [-0.1, -0.05) is 12.1 Å². The Morgan fingerprint density at radius 2 is 2.36 bits per heavy atom. The van der Waals surface area contributed by atoms with Gasteiger partial charge in [0, 0.05) is 16.7 Å². The first kappa shape index (κ1) is 10.1. The molecule has 1 aliphatic heterocycles. The molecule has 0 saturated carbocycles. The highest BCUT2D eigenvalue weighted by atomic mass is 32.2. The van der Waals surface area contributed by atoms with E-state index in [2.05, 4.69) is 32.0 Å². The van der Waals surface area contributed by atoms with E-state index in [0.717, 1.165) is 6.42 Å². The molecule has 0 bridgehead atoms. The summed E-state index contributed by atoms with van der Waals surface area (Å²) in [6.07, 6.45) is 1.12. The van der Waals surface area contributed by atoms with Crippen LogP contribution in [0.3, 0.4) is 0 Å². The molecular weight excluding hydrogens is 190 g/mol. The summed E-state index contributed by atoms with van der Waals surface area (Å²) in [4.78, 5) is 1.47. The molecule has 0 amide bonds. The standard InChI is InChI=1S/C12H17NS/c1-8-4-3-5-11-12(8)10(7-14-11)6-9(2)13/h3-5,9-10H,6-7,13H2,1-2H3. The minimum absolute atomic E-state index is 0.311. The fourth-order valence-corrected chi connectivity index (χ4v) is 3.55. The van der Waals surface area contributed by atoms with Crippen LogP contribution in [0, 0.1) is 6.92 Å². The van der Waals surface area contributed by atoms with Crippen molar-refractivity contribution < 1.29 is 0 Å². The summed E-state index contributed by atoms with van der Waals surface area (Å²) in [6.45, 7) is 4.31. The molecule has 1 nitrogen and oxygen atoms in total. The molecule has 0 fully saturated rings. The topological polar surface area (TPSA) is 26.0 Å². The molecule has 2 unspecified atom stereocenters. The molecule has 1 heterocycles. The number of rotatable bonds is 2. The fraction of sp³-hybridized carbons (Fsp3) is 0.500. The van der Waals surface area contributed by atoms with Crippen LogP contribution in [0.1, 0.15) is 30.4 Å². The molecule has 2 heteroatoms. The number of aryl methyl sites for hydroxylation is 1. The van der Waals surface area contributed by atoms with E-state index in [0.29, 0.717) is 12.0 Å². The van der Waals surface area contributed by atoms with E-state index < -0.39 is 0 Å². The first-order valence-electron chi connectivity index (χ1n) is 5.16. The Kier molecular flexibility index (Phi) is 2.84. The van der Waals surface area contributed by atoms with Crippen molar-refractivity contribution in [3.8, 4) is 0 Å². The monoisotopic (exact) mass is 207 g/mol. The van der Waals surface area contributed by atoms with E-state index in [4.69, 9.17) is 5.73 Å². The quantitative estimate of drug-likeness (QED) is 0.807. The first-order chi connectivity index (χ1) is 6.68. The molecule has 0 radical (unpaired) electrons. The molecule has 0 aliphatic carbocycles. The Hall–Kier alpha value is -0.470. The largest absolute Gasteiger partial charge is 0.328 e. The van der Waals surface area contributed by atoms with E-state index in [1.165, 1.54) is 16.2 Å². The van der Waals surface area contributed by atoms with Crippen molar-refractivity contribution in [3.63, 3.8) is 0 Å². The van der Waals surface area contributed by atoms with Crippen LogP contribution in [0.2, 0.25) is 0 Å². The van der Waals surface area contributed by atoms with Crippen molar-refractivity contribution in [2.45, 2.75) is 37.1 Å². The highest BCUT2D eigenvalue weighted by Gasteiger charge is 2.25. The Balaban J connectivity index is 2.29. The Bertz CT molecular complexity index is 333. The van der Waals surface area contributed by atoms with Crippen LogP contribution in [0.15, 0.2) is 23.1 Å². The number of hydrogen-bond acceptors (Lipinski definition) is 2. The average molecular weight is 207 g/mol. The summed E-state index contributed by atoms with van der Waals surface area (Å²) in [5.41, 5.74) is 8.85. The predicted octanol–water partition coefficient (Wildman–Crippen LogP) is 2.92. The van der Waals surface area contributed by atoms with Gasteiger partial charge in [0.2, 0.25) is 0 Å². The number of thioether (sulfide) groups is 1. The smallest absolute Gasteiger partial charge is 0.0110 e. The van der Waals surface area contributed by atoms with Crippen molar-refractivity contribution in [1.29, 1.82) is 0 Å². The second kappa shape index (κ2) is 3.95. The molecule has 76 valence electrons. The SMILES string of the molecule is Cc1cccc2c1C(CC(C)N)CS2. The maximum absolute atomic E-state index is 5.87. The summed E-state index contributed by atoms with van der Waals surface area (Å²) in [5, 5.41) is 0. The van der Waals surface area contributed by atoms with Gasteiger partial charge in [-0.05, 0) is 43.4 Å². The molecule has 0 spiro atoms. The molecule has 2 rings (SSSR count). The normalized spacial score (nSPS) is 22.1. The van der Waals surface area contributed by atoms with Crippen molar-refractivity contribution in [2.24, 2.45) is 5.73 Å². The van der Waals surface area contributed by atoms with Crippen LogP contribution in [-0.2, 0) is 0 Å². The number of nitrogens with two attached hydrogens (primary N) is 1. The first-order valence-corrected chi connectivity index (χ1v) is 6.15. The van der Waals surface area contributed by atoms with Gasteiger partial charge in [0.25, 0.3) is 0 Å². The zero-order valence-corrected chi connectivity index (χ0v) is 9.60. The molecule has 2 atom stereocenters. The van der Waals surface area contributed by atoms with Crippen LogP contribution in [-0.4, -0.2) is 11.8 Å². The zero-order chi connectivity index (χ0) is 10.1. The van der Waals surface area contributed by atoms with E-state index in [9.17, 15) is 0 Å². The third kappa shape index (κ3) is 1.82. The van der Waals surface area contributed by atoms with Crippen LogP contribution in [0.25, 0.3) is 0 Å². The molecular formula is C12H17NS. The number of benzene rings is 1. The van der Waals surface area contributed by atoms with Gasteiger partial charge in [-0.3, -0.25) is 0 Å². The Morgan fingerprint density at radius 1 is 1.57 bits per heavy atom. The van der Waals surface area contributed by atoms with E-state index in [1.54, 1.807) is 5.56 Å². The lowest BCUT2D eigenvalue weighted by Crippen LogP contribution is -2.18. The van der Waals surface area contributed by atoms with Crippen molar-refractivity contribution in [2.75, 3.05) is 5.75 Å². The van der Waals surface area contributed by atoms with E-state index in [-0.39, 0.29) is 0 Å². The second-order valence-electron chi connectivity index (χ2n) is 4.21. The maximum Gasteiger partial charge on any atom is 0.0110 e. The van der Waals surface area contributed by atoms with Gasteiger partial charge in [-0.25, -0.2) is 0 Å². The maximum atomic E-state index is 5.87. The highest BCUT2D eigenvalue weighted by Crippen LogP contribution is 2.43. The summed E-state index contributed by atoms with van der Waals surface area (Å²) in [6, 6.07) is 6.90. The van der Waals surface area contributed by atoms with Gasteiger partial charge >= 0.3 is 0 Å². The Labute approximate surface area is 90.1 Å². The predicted molar refractivity (Wildman–Crippen MR) is 62.9 cm³/mol. The van der Waals surface area contributed by atoms with Crippen LogP contribution in [0.5, 0.6) is 0 Å². The van der Waals surface area contributed by atoms with Gasteiger partial charge < -0.3 is 5.73 Å². The van der Waals surface area contributed by atoms with Crippen molar-refractivity contribution in [3.05, 3.63) is 29.3 Å². The minimum Gasteiger partial charge on any atom is -0.328 e. The molecule has 0 aromatic heterocycles. The third-order valence-electron chi connectivity index (χ3n) is 2.79. The van der Waals surface area contributed by atoms with Crippen molar-refractivity contribution in [1.82, 2.24) is 0 Å². The summed E-state index contributed by atoms with van der Waals surface area (Å²) in [7, 11) is 0. The fourth-order valence-electron chi connectivity index (χ4n) is 2.21. The van der Waals surface area contributed by atoms with Crippen LogP contribution in [0.4, 0.5) is 0 Å². The summed E-state index contributed by atoms with van der Waals surface area (Å²) in [5.74, 6) is 1.89. The molecule has 2 N–H and O–H groups in total. The van der Waals surface area contributed by atoms with Crippen LogP contribution < -0.4 is 5.73 Å². The van der Waals surface area contributed by atoms with E-state index in [1.807, 2.05) is 11.8 Å². The van der Waals surface area contributed by atoms with Crippen molar-refractivity contribution >= 4 is 11.8 Å². The van der Waals surface area contributed by atoms with Gasteiger partial charge in [0.15, 0.2) is 0 Å². The van der Waals surface area contributed by atoms with Gasteiger partial charge in [0.1, 0.15) is 0 Å². The van der Waals surface area contributed by atoms with Gasteiger partial charge in [0.05, 0.1) is 0 Å². The molecule has 14 heavy (non-hydrogen) atoms. The second-order valence-corrected chi connectivity index (χ2v) is 5.27.